The minimum absolute atomic E-state index is 0.465. The van der Waals surface area contributed by atoms with Gasteiger partial charge in [-0.2, -0.15) is 0 Å². The Bertz CT molecular complexity index is 228. The van der Waals surface area contributed by atoms with Crippen LogP contribution in [0.15, 0.2) is 24.3 Å². The van der Waals surface area contributed by atoms with E-state index in [0.717, 1.165) is 0 Å². The van der Waals surface area contributed by atoms with Crippen LogP contribution in [-0.2, 0) is 12.8 Å². The van der Waals surface area contributed by atoms with Crippen LogP contribution in [0.25, 0.3) is 0 Å². The molecule has 0 fully saturated rings. The molecule has 0 saturated carbocycles. The van der Waals surface area contributed by atoms with E-state index in [1.807, 2.05) is 0 Å². The molecule has 0 heterocycles. The Morgan fingerprint density at radius 2 is 1.62 bits per heavy atom. The second-order valence-electron chi connectivity index (χ2n) is 2.96. The third kappa shape index (κ3) is 4.63. The van der Waals surface area contributed by atoms with Gasteiger partial charge in [-0.15, -0.1) is 0 Å². The Hall–Kier alpha value is 0.680. The molecule has 0 atom stereocenters. The van der Waals surface area contributed by atoms with Gasteiger partial charge in [0.2, 0.25) is 0 Å². The maximum absolute atomic E-state index is 2.43. The Morgan fingerprint density at radius 1 is 1.08 bits per heavy atom. The summed E-state index contributed by atoms with van der Waals surface area (Å²) in [7, 11) is 0. The first-order chi connectivity index (χ1) is 6.36. The van der Waals surface area contributed by atoms with Crippen LogP contribution in [0, 0.1) is 0 Å². The van der Waals surface area contributed by atoms with Crippen LogP contribution in [0.4, 0.5) is 0 Å². The van der Waals surface area contributed by atoms with Gasteiger partial charge in [0.15, 0.2) is 0 Å². The van der Waals surface area contributed by atoms with Crippen LogP contribution >= 0.6 is 22.6 Å². The Labute approximate surface area is 105 Å². The van der Waals surface area contributed by atoms with Gasteiger partial charge in [0.1, 0.15) is 0 Å². The molecule has 0 radical (unpaired) electrons. The van der Waals surface area contributed by atoms with E-state index < -0.39 is 0 Å². The van der Waals surface area contributed by atoms with E-state index in [0.29, 0.717) is 21.2 Å². The fourth-order valence-electron chi connectivity index (χ4n) is 1.19. The van der Waals surface area contributed by atoms with Crippen molar-refractivity contribution in [2.45, 2.75) is 12.8 Å². The van der Waals surface area contributed by atoms with Crippen molar-refractivity contribution in [1.29, 1.82) is 0 Å². The van der Waals surface area contributed by atoms with Crippen LogP contribution < -0.4 is 21.2 Å². The molecule has 0 spiro atoms. The number of hydrogen-bond donors (Lipinski definition) is 0. The third-order valence-corrected chi connectivity index (χ3v) is 4.14. The predicted octanol–water partition coefficient (Wildman–Crippen LogP) is -0.0746. The summed E-state index contributed by atoms with van der Waals surface area (Å²) in [6.07, 6.45) is 2.50. The molecule has 1 aromatic rings. The monoisotopic (exact) mass is 401 g/mol. The summed E-state index contributed by atoms with van der Waals surface area (Å²) in [6, 6.07) is 9.14. The molecule has 0 nitrogen and oxygen atoms in total. The summed E-state index contributed by atoms with van der Waals surface area (Å²) < 4.78 is 2.64. The second-order valence-corrected chi connectivity index (χ2v) is 6.64. The Kier molecular flexibility index (Phi) is 6.36. The van der Waals surface area contributed by atoms with Crippen molar-refractivity contribution in [3.63, 3.8) is 0 Å². The number of halogens is 2. The van der Waals surface area contributed by atoms with E-state index in [2.05, 4.69) is 51.8 Å². The van der Waals surface area contributed by atoms with Gasteiger partial charge >= 0.3 is 106 Å². The van der Waals surface area contributed by atoms with Gasteiger partial charge in [-0.1, -0.05) is 0 Å². The van der Waals surface area contributed by atoms with Gasteiger partial charge < -0.3 is 0 Å². The summed E-state index contributed by atoms with van der Waals surface area (Å²) in [4.78, 5) is 2.35. The van der Waals surface area contributed by atoms with E-state index in [4.69, 9.17) is 0 Å². The summed E-state index contributed by atoms with van der Waals surface area (Å²) in [5.41, 5.74) is 2.99. The molecule has 0 unspecified atom stereocenters. The molecule has 0 N–H and O–H groups in total. The van der Waals surface area contributed by atoms with E-state index in [9.17, 15) is 0 Å². The number of hydrogen-bond acceptors (Lipinski definition) is 0. The first kappa shape index (κ1) is 11.8. The SMILES string of the molecule is C[I-]CCc1ccc(CCI)cc1. The van der Waals surface area contributed by atoms with Gasteiger partial charge in [-0.25, -0.2) is 0 Å². The Morgan fingerprint density at radius 3 is 2.08 bits per heavy atom. The standard InChI is InChI=1S/C11H15I2/c1-13-9-7-11-4-2-10(3-5-11)6-8-12/h2-5H,6-9H2,1H3/q-1. The van der Waals surface area contributed by atoms with Crippen LogP contribution in [0.5, 0.6) is 0 Å². The van der Waals surface area contributed by atoms with Gasteiger partial charge in [0.25, 0.3) is 0 Å². The second kappa shape index (κ2) is 7.04. The zero-order valence-corrected chi connectivity index (χ0v) is 12.2. The van der Waals surface area contributed by atoms with Gasteiger partial charge in [-0.3, -0.25) is 0 Å². The molecule has 0 aromatic heterocycles. The van der Waals surface area contributed by atoms with Crippen molar-refractivity contribution in [2.24, 2.45) is 0 Å². The van der Waals surface area contributed by atoms with Crippen molar-refractivity contribution < 1.29 is 21.2 Å². The average Bonchev–Trinajstić information content (AvgIpc) is 2.17. The summed E-state index contributed by atoms with van der Waals surface area (Å²) in [5, 5.41) is 0. The molecule has 74 valence electrons. The summed E-state index contributed by atoms with van der Waals surface area (Å²) in [6.45, 7) is 0. The first-order valence-electron chi connectivity index (χ1n) is 4.44. The van der Waals surface area contributed by atoms with Gasteiger partial charge in [-0.05, 0) is 0 Å². The maximum atomic E-state index is 2.43. The van der Waals surface area contributed by atoms with Gasteiger partial charge in [0, 0.05) is 0 Å². The molecule has 2 heteroatoms. The van der Waals surface area contributed by atoms with Gasteiger partial charge in [0.05, 0.1) is 0 Å². The molecule has 0 aliphatic carbocycles. The van der Waals surface area contributed by atoms with E-state index in [-0.39, 0.29) is 0 Å². The van der Waals surface area contributed by atoms with Crippen molar-refractivity contribution in [1.82, 2.24) is 0 Å². The number of aryl methyl sites for hydroxylation is 2. The summed E-state index contributed by atoms with van der Waals surface area (Å²) in [5.74, 6) is 0. The fraction of sp³-hybridized carbons (Fsp3) is 0.455. The van der Waals surface area contributed by atoms with E-state index in [1.165, 1.54) is 32.8 Å². The average molecular weight is 401 g/mol. The summed E-state index contributed by atoms with van der Waals surface area (Å²) >= 11 is 2.89. The van der Waals surface area contributed by atoms with E-state index in [1.54, 1.807) is 0 Å². The van der Waals surface area contributed by atoms with Crippen molar-refractivity contribution >= 4 is 22.6 Å². The minimum atomic E-state index is 0.465. The zero-order chi connectivity index (χ0) is 9.52. The normalized spacial score (nSPS) is 10.6. The van der Waals surface area contributed by atoms with Crippen molar-refractivity contribution in [2.75, 3.05) is 13.8 Å². The van der Waals surface area contributed by atoms with Crippen LogP contribution in [0.3, 0.4) is 0 Å². The molecule has 13 heavy (non-hydrogen) atoms. The quantitative estimate of drug-likeness (QED) is 0.479. The van der Waals surface area contributed by atoms with Crippen LogP contribution in [0.1, 0.15) is 11.1 Å². The topological polar surface area (TPSA) is 0 Å². The molecule has 1 rings (SSSR count). The van der Waals surface area contributed by atoms with Crippen molar-refractivity contribution in [3.05, 3.63) is 35.4 Å². The fourth-order valence-corrected chi connectivity index (χ4v) is 2.97. The predicted molar refractivity (Wildman–Crippen MR) is 63.5 cm³/mol. The van der Waals surface area contributed by atoms with E-state index >= 15 is 0 Å². The van der Waals surface area contributed by atoms with Crippen LogP contribution in [0.2, 0.25) is 0 Å². The molecule has 0 saturated heterocycles. The number of benzene rings is 1. The number of alkyl halides is 3. The molecule has 0 amide bonds. The zero-order valence-electron chi connectivity index (χ0n) is 7.89. The molecular weight excluding hydrogens is 386 g/mol. The first-order valence-corrected chi connectivity index (χ1v) is 9.65. The molecule has 0 bridgehead atoms. The molecule has 0 aliphatic rings. The Balaban J connectivity index is 2.48. The molecular formula is C11H15I2-. The molecule has 1 aromatic carbocycles. The molecule has 0 aliphatic heterocycles. The third-order valence-electron chi connectivity index (χ3n) is 1.98. The van der Waals surface area contributed by atoms with Crippen LogP contribution in [-0.4, -0.2) is 13.8 Å². The number of rotatable bonds is 5. The van der Waals surface area contributed by atoms with Crippen molar-refractivity contribution in [3.8, 4) is 0 Å².